The molecule has 0 aliphatic heterocycles. The molecule has 212 valence electrons. The zero-order valence-electron chi connectivity index (χ0n) is 22.2. The summed E-state index contributed by atoms with van der Waals surface area (Å²) in [6.45, 7) is 0. The number of benzene rings is 3. The Hall–Kier alpha value is -3.46. The quantitative estimate of drug-likeness (QED) is 0.193. The summed E-state index contributed by atoms with van der Waals surface area (Å²) in [5.74, 6) is -0.833. The zero-order valence-corrected chi connectivity index (χ0v) is 24.5. The second kappa shape index (κ2) is 14.3. The standard InChI is InChI=1S/C29H29Cl3N2O6/c1-38-22-12-6-13-23(39-2)26(22)29(28(37)40-3,34-27(36)25-20(31)10-5-11-21(25)32)17-18-8-4-9-19(16-18)33-24(35)14-7-15-30/h4-6,8-13,16H,7,14-15,17H2,1-3H3,(H,33,35)(H,34,36)/t29-/m1/s1. The highest BCUT2D eigenvalue weighted by Gasteiger charge is 2.48. The van der Waals surface area contributed by atoms with Crippen LogP contribution in [0, 0.1) is 0 Å². The summed E-state index contributed by atoms with van der Waals surface area (Å²) in [5, 5.41) is 5.85. The number of halogens is 3. The Bertz CT molecular complexity index is 1340. The molecule has 0 saturated carbocycles. The normalized spacial score (nSPS) is 12.2. The molecule has 0 fully saturated rings. The number of rotatable bonds is 12. The highest BCUT2D eigenvalue weighted by Crippen LogP contribution is 2.41. The van der Waals surface area contributed by atoms with E-state index in [1.807, 2.05) is 0 Å². The van der Waals surface area contributed by atoms with Crippen LogP contribution in [0.25, 0.3) is 0 Å². The molecule has 3 aromatic carbocycles. The van der Waals surface area contributed by atoms with Gasteiger partial charge in [-0.05, 0) is 48.4 Å². The van der Waals surface area contributed by atoms with Crippen LogP contribution < -0.4 is 20.1 Å². The van der Waals surface area contributed by atoms with Gasteiger partial charge in [-0.25, -0.2) is 4.79 Å². The molecule has 0 saturated heterocycles. The molecule has 0 unspecified atom stereocenters. The minimum absolute atomic E-state index is 0.0201. The number of carbonyl (C=O) groups is 3. The van der Waals surface area contributed by atoms with Gasteiger partial charge in [0.15, 0.2) is 5.54 Å². The monoisotopic (exact) mass is 606 g/mol. The van der Waals surface area contributed by atoms with E-state index >= 15 is 0 Å². The van der Waals surface area contributed by atoms with Crippen molar-refractivity contribution < 1.29 is 28.6 Å². The fourth-order valence-electron chi connectivity index (χ4n) is 4.35. The van der Waals surface area contributed by atoms with Gasteiger partial charge in [-0.15, -0.1) is 11.6 Å². The molecule has 8 nitrogen and oxygen atoms in total. The average molecular weight is 608 g/mol. The van der Waals surface area contributed by atoms with Crippen LogP contribution in [-0.4, -0.2) is 45.0 Å². The molecule has 3 aromatic rings. The average Bonchev–Trinajstić information content (AvgIpc) is 2.94. The number of carbonyl (C=O) groups excluding carboxylic acids is 3. The lowest BCUT2D eigenvalue weighted by Gasteiger charge is -2.35. The Labute approximate surface area is 247 Å². The van der Waals surface area contributed by atoms with Crippen LogP contribution in [-0.2, 0) is 26.3 Å². The van der Waals surface area contributed by atoms with Gasteiger partial charge in [-0.1, -0.05) is 47.5 Å². The Morgan fingerprint density at radius 3 is 2.05 bits per heavy atom. The zero-order chi connectivity index (χ0) is 29.3. The summed E-state index contributed by atoms with van der Waals surface area (Å²) < 4.78 is 16.5. The molecular weight excluding hydrogens is 579 g/mol. The number of ether oxygens (including phenoxy) is 3. The van der Waals surface area contributed by atoms with Crippen LogP contribution in [0.4, 0.5) is 5.69 Å². The Balaban J connectivity index is 2.21. The highest BCUT2D eigenvalue weighted by molar-refractivity contribution is 6.39. The first kappa shape index (κ1) is 31.1. The molecule has 0 spiro atoms. The van der Waals surface area contributed by atoms with Gasteiger partial charge in [0.25, 0.3) is 5.91 Å². The van der Waals surface area contributed by atoms with E-state index in [0.717, 1.165) is 0 Å². The number of amides is 2. The minimum atomic E-state index is -1.88. The molecule has 2 amide bonds. The van der Waals surface area contributed by atoms with Gasteiger partial charge in [0.05, 0.1) is 42.5 Å². The van der Waals surface area contributed by atoms with Crippen LogP contribution >= 0.6 is 34.8 Å². The number of nitrogens with one attached hydrogen (secondary N) is 2. The molecule has 0 radical (unpaired) electrons. The van der Waals surface area contributed by atoms with Gasteiger partial charge in [0, 0.05) is 24.4 Å². The SMILES string of the molecule is COC(=O)[C@](Cc1cccc(NC(=O)CCCCl)c1)(NC(=O)c1c(Cl)cccc1Cl)c1c(OC)cccc1OC. The van der Waals surface area contributed by atoms with E-state index in [2.05, 4.69) is 10.6 Å². The van der Waals surface area contributed by atoms with Gasteiger partial charge in [0.1, 0.15) is 11.5 Å². The van der Waals surface area contributed by atoms with E-state index in [1.54, 1.807) is 48.5 Å². The van der Waals surface area contributed by atoms with E-state index in [4.69, 9.17) is 49.0 Å². The Morgan fingerprint density at radius 1 is 0.875 bits per heavy atom. The number of methoxy groups -OCH3 is 3. The highest BCUT2D eigenvalue weighted by atomic mass is 35.5. The number of hydrogen-bond acceptors (Lipinski definition) is 6. The summed E-state index contributed by atoms with van der Waals surface area (Å²) in [7, 11) is 4.08. The molecule has 0 aliphatic carbocycles. The van der Waals surface area contributed by atoms with Crippen molar-refractivity contribution in [1.29, 1.82) is 0 Å². The van der Waals surface area contributed by atoms with Crippen molar-refractivity contribution in [3.63, 3.8) is 0 Å². The maximum Gasteiger partial charge on any atom is 0.336 e. The fraction of sp³-hybridized carbons (Fsp3) is 0.276. The summed E-state index contributed by atoms with van der Waals surface area (Å²) in [4.78, 5) is 39.9. The molecule has 0 aliphatic rings. The third-order valence-electron chi connectivity index (χ3n) is 6.12. The van der Waals surface area contributed by atoms with Crippen molar-refractivity contribution in [3.05, 3.63) is 87.4 Å². The van der Waals surface area contributed by atoms with Crippen LogP contribution in [0.15, 0.2) is 60.7 Å². The topological polar surface area (TPSA) is 103 Å². The summed E-state index contributed by atoms with van der Waals surface area (Å²) in [5.41, 5.74) is -0.594. The largest absolute Gasteiger partial charge is 0.496 e. The van der Waals surface area contributed by atoms with Gasteiger partial charge in [-0.3, -0.25) is 9.59 Å². The number of hydrogen-bond donors (Lipinski definition) is 2. The Kier molecular flexibility index (Phi) is 11.1. The fourth-order valence-corrected chi connectivity index (χ4v) is 5.06. The third-order valence-corrected chi connectivity index (χ3v) is 7.02. The molecule has 11 heteroatoms. The van der Waals surface area contributed by atoms with Crippen LogP contribution in [0.5, 0.6) is 11.5 Å². The van der Waals surface area contributed by atoms with Crippen molar-refractivity contribution in [1.82, 2.24) is 5.32 Å². The lowest BCUT2D eigenvalue weighted by atomic mass is 9.81. The second-order valence-electron chi connectivity index (χ2n) is 8.70. The molecule has 0 aromatic heterocycles. The van der Waals surface area contributed by atoms with E-state index in [1.165, 1.54) is 33.5 Å². The molecule has 0 heterocycles. The molecule has 0 bridgehead atoms. The van der Waals surface area contributed by atoms with Crippen LogP contribution in [0.1, 0.15) is 34.3 Å². The lowest BCUT2D eigenvalue weighted by molar-refractivity contribution is -0.149. The first-order chi connectivity index (χ1) is 19.2. The van der Waals surface area contributed by atoms with Crippen molar-refractivity contribution in [2.24, 2.45) is 0 Å². The van der Waals surface area contributed by atoms with Crippen LogP contribution in [0.2, 0.25) is 10.0 Å². The summed E-state index contributed by atoms with van der Waals surface area (Å²) in [6.07, 6.45) is 0.672. The van der Waals surface area contributed by atoms with E-state index in [9.17, 15) is 14.4 Å². The number of esters is 1. The smallest absolute Gasteiger partial charge is 0.336 e. The first-order valence-electron chi connectivity index (χ1n) is 12.2. The summed E-state index contributed by atoms with van der Waals surface area (Å²) in [6, 6.07) is 16.5. The predicted molar refractivity (Wildman–Crippen MR) is 156 cm³/mol. The van der Waals surface area contributed by atoms with Crippen molar-refractivity contribution in [2.75, 3.05) is 32.5 Å². The van der Waals surface area contributed by atoms with Crippen molar-refractivity contribution in [3.8, 4) is 11.5 Å². The minimum Gasteiger partial charge on any atom is -0.496 e. The van der Waals surface area contributed by atoms with E-state index in [0.29, 0.717) is 23.6 Å². The maximum atomic E-state index is 13.8. The van der Waals surface area contributed by atoms with Crippen molar-refractivity contribution in [2.45, 2.75) is 24.8 Å². The number of anilines is 1. The van der Waals surface area contributed by atoms with Gasteiger partial charge < -0.3 is 24.8 Å². The first-order valence-corrected chi connectivity index (χ1v) is 13.5. The van der Waals surface area contributed by atoms with Crippen LogP contribution in [0.3, 0.4) is 0 Å². The van der Waals surface area contributed by atoms with Gasteiger partial charge in [0.2, 0.25) is 5.91 Å². The van der Waals surface area contributed by atoms with Gasteiger partial charge >= 0.3 is 5.97 Å². The molecule has 40 heavy (non-hydrogen) atoms. The predicted octanol–water partition coefficient (Wildman–Crippen LogP) is 6.01. The van der Waals surface area contributed by atoms with Crippen molar-refractivity contribution >= 4 is 58.3 Å². The third kappa shape index (κ3) is 6.99. The maximum absolute atomic E-state index is 13.8. The summed E-state index contributed by atoms with van der Waals surface area (Å²) >= 11 is 18.4. The lowest BCUT2D eigenvalue weighted by Crippen LogP contribution is -2.54. The molecular formula is C29H29Cl3N2O6. The second-order valence-corrected chi connectivity index (χ2v) is 9.90. The molecule has 3 rings (SSSR count). The van der Waals surface area contributed by atoms with Gasteiger partial charge in [-0.2, -0.15) is 0 Å². The van der Waals surface area contributed by atoms with E-state index in [-0.39, 0.29) is 51.4 Å². The molecule has 1 atom stereocenters. The molecule has 2 N–H and O–H groups in total. The number of alkyl halides is 1. The Morgan fingerprint density at radius 2 is 1.48 bits per heavy atom. The van der Waals surface area contributed by atoms with E-state index < -0.39 is 17.4 Å².